The van der Waals surface area contributed by atoms with Crippen LogP contribution in [0.3, 0.4) is 0 Å². The maximum Gasteiger partial charge on any atom is 0.246 e. The Morgan fingerprint density at radius 1 is 1.29 bits per heavy atom. The van der Waals surface area contributed by atoms with Crippen LogP contribution >= 0.6 is 0 Å². The van der Waals surface area contributed by atoms with E-state index in [0.717, 1.165) is 37.1 Å². The first-order valence-corrected chi connectivity index (χ1v) is 11.8. The highest BCUT2D eigenvalue weighted by Gasteiger charge is 2.33. The Labute approximate surface area is 167 Å². The van der Waals surface area contributed by atoms with Gasteiger partial charge in [0.15, 0.2) is 9.84 Å². The third kappa shape index (κ3) is 5.01. The van der Waals surface area contributed by atoms with Crippen molar-refractivity contribution >= 4 is 33.4 Å². The van der Waals surface area contributed by atoms with Crippen LogP contribution in [0.15, 0.2) is 30.3 Å². The van der Waals surface area contributed by atoms with Crippen LogP contribution in [-0.4, -0.2) is 55.8 Å². The van der Waals surface area contributed by atoms with Crippen LogP contribution < -0.4 is 4.90 Å². The molecule has 152 valence electrons. The van der Waals surface area contributed by atoms with Gasteiger partial charge in [0, 0.05) is 37.3 Å². The minimum absolute atomic E-state index is 0.0643. The molecule has 2 aliphatic rings. The normalized spacial score (nSPS) is 21.5. The largest absolute Gasteiger partial charge is 0.335 e. The smallest absolute Gasteiger partial charge is 0.246 e. The Bertz CT molecular complexity index is 846. The monoisotopic (exact) mass is 404 g/mol. The molecular formula is C21H28N2O4S. The molecule has 0 aromatic heterocycles. The van der Waals surface area contributed by atoms with Crippen molar-refractivity contribution in [2.45, 2.75) is 45.1 Å². The summed E-state index contributed by atoms with van der Waals surface area (Å²) in [5.41, 5.74) is 1.75. The first-order valence-electron chi connectivity index (χ1n) is 9.99. The van der Waals surface area contributed by atoms with Gasteiger partial charge in [0.2, 0.25) is 11.8 Å². The third-order valence-electron chi connectivity index (χ3n) is 5.38. The second-order valence-corrected chi connectivity index (χ2v) is 9.74. The molecule has 6 nitrogen and oxygen atoms in total. The van der Waals surface area contributed by atoms with E-state index in [1.54, 1.807) is 15.9 Å². The fraction of sp³-hybridized carbons (Fsp3) is 0.524. The number of sulfone groups is 1. The van der Waals surface area contributed by atoms with Crippen LogP contribution in [0.5, 0.6) is 0 Å². The number of benzene rings is 1. The van der Waals surface area contributed by atoms with E-state index >= 15 is 0 Å². The minimum Gasteiger partial charge on any atom is -0.335 e. The number of anilines is 1. The van der Waals surface area contributed by atoms with Crippen LogP contribution in [0.4, 0.5) is 5.69 Å². The molecule has 2 heterocycles. The minimum atomic E-state index is -3.03. The summed E-state index contributed by atoms with van der Waals surface area (Å²) in [6.07, 6.45) is 7.08. The Kier molecular flexibility index (Phi) is 6.54. The maximum absolute atomic E-state index is 12.7. The molecule has 7 heteroatoms. The Balaban J connectivity index is 1.66. The highest BCUT2D eigenvalue weighted by Crippen LogP contribution is 2.22. The number of nitrogens with zero attached hydrogens (tertiary/aromatic N) is 2. The molecule has 0 N–H and O–H groups in total. The molecule has 2 fully saturated rings. The molecule has 28 heavy (non-hydrogen) atoms. The average molecular weight is 405 g/mol. The molecule has 0 spiro atoms. The summed E-state index contributed by atoms with van der Waals surface area (Å²) in [5, 5.41) is 0. The molecule has 2 amide bonds. The van der Waals surface area contributed by atoms with Gasteiger partial charge in [-0.2, -0.15) is 0 Å². The summed E-state index contributed by atoms with van der Waals surface area (Å²) in [5.74, 6) is 0.230. The van der Waals surface area contributed by atoms with Crippen LogP contribution in [-0.2, 0) is 19.4 Å². The van der Waals surface area contributed by atoms with Crippen molar-refractivity contribution in [2.24, 2.45) is 0 Å². The molecule has 2 aliphatic heterocycles. The van der Waals surface area contributed by atoms with Gasteiger partial charge in [0.1, 0.15) is 0 Å². The van der Waals surface area contributed by atoms with Crippen LogP contribution in [0.25, 0.3) is 6.08 Å². The summed E-state index contributed by atoms with van der Waals surface area (Å²) in [7, 11) is -3.03. The van der Waals surface area contributed by atoms with Crippen molar-refractivity contribution in [1.82, 2.24) is 4.90 Å². The van der Waals surface area contributed by atoms with Crippen molar-refractivity contribution in [3.05, 3.63) is 35.9 Å². The number of rotatable bonds is 7. The van der Waals surface area contributed by atoms with Crippen molar-refractivity contribution in [2.75, 3.05) is 29.5 Å². The number of carbonyl (C=O) groups is 2. The lowest BCUT2D eigenvalue weighted by Gasteiger charge is -2.27. The van der Waals surface area contributed by atoms with E-state index in [4.69, 9.17) is 0 Å². The fourth-order valence-corrected chi connectivity index (χ4v) is 5.50. The van der Waals surface area contributed by atoms with Gasteiger partial charge in [-0.25, -0.2) is 8.42 Å². The summed E-state index contributed by atoms with van der Waals surface area (Å²) >= 11 is 0. The zero-order valence-electron chi connectivity index (χ0n) is 16.3. The predicted octanol–water partition coefficient (Wildman–Crippen LogP) is 2.64. The Morgan fingerprint density at radius 2 is 2.04 bits per heavy atom. The highest BCUT2D eigenvalue weighted by molar-refractivity contribution is 7.91. The fourth-order valence-electron chi connectivity index (χ4n) is 3.77. The second kappa shape index (κ2) is 8.90. The summed E-state index contributed by atoms with van der Waals surface area (Å²) in [6, 6.07) is 7.34. The lowest BCUT2D eigenvalue weighted by Crippen LogP contribution is -2.40. The molecular weight excluding hydrogens is 376 g/mol. The maximum atomic E-state index is 12.7. The van der Waals surface area contributed by atoms with Crippen LogP contribution in [0, 0.1) is 0 Å². The van der Waals surface area contributed by atoms with Gasteiger partial charge in [0.25, 0.3) is 0 Å². The average Bonchev–Trinajstić information content (AvgIpc) is 3.26. The molecule has 0 saturated carbocycles. The van der Waals surface area contributed by atoms with Gasteiger partial charge in [0.05, 0.1) is 11.5 Å². The number of unbranched alkanes of at least 4 members (excludes halogenated alkanes) is 1. The summed E-state index contributed by atoms with van der Waals surface area (Å²) in [6.45, 7) is 3.38. The van der Waals surface area contributed by atoms with E-state index in [2.05, 4.69) is 6.92 Å². The zero-order valence-corrected chi connectivity index (χ0v) is 17.2. The molecule has 0 bridgehead atoms. The van der Waals surface area contributed by atoms with Crippen molar-refractivity contribution < 1.29 is 18.0 Å². The number of amides is 2. The van der Waals surface area contributed by atoms with E-state index < -0.39 is 9.84 Å². The topological polar surface area (TPSA) is 74.8 Å². The molecule has 0 radical (unpaired) electrons. The number of hydrogen-bond acceptors (Lipinski definition) is 4. The molecule has 1 aromatic rings. The first kappa shape index (κ1) is 20.6. The molecule has 3 rings (SSSR count). The Morgan fingerprint density at radius 3 is 2.61 bits per heavy atom. The van der Waals surface area contributed by atoms with Gasteiger partial charge in [-0.05, 0) is 43.0 Å². The number of hydrogen-bond donors (Lipinski definition) is 0. The quantitative estimate of drug-likeness (QED) is 0.655. The van der Waals surface area contributed by atoms with E-state index in [1.807, 2.05) is 24.3 Å². The molecule has 1 atom stereocenters. The van der Waals surface area contributed by atoms with Gasteiger partial charge in [-0.1, -0.05) is 25.5 Å². The predicted molar refractivity (Wildman–Crippen MR) is 111 cm³/mol. The van der Waals surface area contributed by atoms with E-state index in [9.17, 15) is 18.0 Å². The third-order valence-corrected chi connectivity index (χ3v) is 7.13. The van der Waals surface area contributed by atoms with Gasteiger partial charge in [-0.15, -0.1) is 0 Å². The lowest BCUT2D eigenvalue weighted by molar-refractivity contribution is -0.127. The van der Waals surface area contributed by atoms with Gasteiger partial charge >= 0.3 is 0 Å². The lowest BCUT2D eigenvalue weighted by atomic mass is 10.1. The standard InChI is InChI=1S/C21H28N2O4S/c1-2-3-13-23(19-12-15-28(26,27)16-19)21(25)11-8-17-6-9-18(10-7-17)22-14-4-5-20(22)24/h6-11,19H,2-5,12-16H2,1H3/b11-8+. The molecule has 2 saturated heterocycles. The molecule has 1 aromatic carbocycles. The molecule has 0 aliphatic carbocycles. The summed E-state index contributed by atoms with van der Waals surface area (Å²) in [4.78, 5) is 28.1. The van der Waals surface area contributed by atoms with Crippen LogP contribution in [0.2, 0.25) is 0 Å². The molecule has 1 unspecified atom stereocenters. The van der Waals surface area contributed by atoms with Crippen LogP contribution in [0.1, 0.15) is 44.6 Å². The van der Waals surface area contributed by atoms with Crippen molar-refractivity contribution in [3.8, 4) is 0 Å². The van der Waals surface area contributed by atoms with E-state index in [-0.39, 0.29) is 29.4 Å². The van der Waals surface area contributed by atoms with E-state index in [0.29, 0.717) is 19.4 Å². The highest BCUT2D eigenvalue weighted by atomic mass is 32.2. The summed E-state index contributed by atoms with van der Waals surface area (Å²) < 4.78 is 23.6. The second-order valence-electron chi connectivity index (χ2n) is 7.52. The van der Waals surface area contributed by atoms with Crippen molar-refractivity contribution in [1.29, 1.82) is 0 Å². The van der Waals surface area contributed by atoms with Gasteiger partial charge in [-0.3, -0.25) is 9.59 Å². The zero-order chi connectivity index (χ0) is 20.1. The van der Waals surface area contributed by atoms with E-state index in [1.165, 1.54) is 6.08 Å². The first-order chi connectivity index (χ1) is 13.4. The number of carbonyl (C=O) groups excluding carboxylic acids is 2. The van der Waals surface area contributed by atoms with Gasteiger partial charge < -0.3 is 9.80 Å². The SMILES string of the molecule is CCCCN(C(=O)/C=C/c1ccc(N2CCCC2=O)cc1)C1CCS(=O)(=O)C1. The van der Waals surface area contributed by atoms with Crippen molar-refractivity contribution in [3.63, 3.8) is 0 Å². The Hall–Kier alpha value is -2.15.